The predicted molar refractivity (Wildman–Crippen MR) is 86.3 cm³/mol. The largest absolute Gasteiger partial charge is 0.383 e. The van der Waals surface area contributed by atoms with Crippen LogP contribution in [0.2, 0.25) is 0 Å². The highest BCUT2D eigenvalue weighted by Crippen LogP contribution is 2.23. The van der Waals surface area contributed by atoms with E-state index in [0.29, 0.717) is 6.42 Å². The second-order valence-electron chi connectivity index (χ2n) is 5.98. The summed E-state index contributed by atoms with van der Waals surface area (Å²) in [4.78, 5) is 11.5. The summed E-state index contributed by atoms with van der Waals surface area (Å²) in [6.45, 7) is 12.1. The van der Waals surface area contributed by atoms with Crippen molar-refractivity contribution in [2.24, 2.45) is 0 Å². The number of carbonyl (C=O) groups excluding carboxylic acids is 1. The third-order valence-corrected chi connectivity index (χ3v) is 3.02. The van der Waals surface area contributed by atoms with E-state index in [1.807, 2.05) is 32.0 Å². The number of hydrogen-bond acceptors (Lipinski definition) is 3. The average molecular weight is 277 g/mol. The predicted octanol–water partition coefficient (Wildman–Crippen LogP) is 3.14. The van der Waals surface area contributed by atoms with Gasteiger partial charge in [-0.2, -0.15) is 0 Å². The fraction of sp³-hybridized carbons (Fsp3) is 0.562. The third-order valence-electron chi connectivity index (χ3n) is 3.02. The molecule has 112 valence electrons. The molecule has 0 fully saturated rings. The number of hydrogen-bond donors (Lipinski definition) is 3. The minimum Gasteiger partial charge on any atom is -0.383 e. The zero-order valence-corrected chi connectivity index (χ0v) is 13.3. The van der Waals surface area contributed by atoms with Crippen molar-refractivity contribution in [2.45, 2.75) is 46.6 Å². The molecule has 3 N–H and O–H groups in total. The molecule has 0 aliphatic rings. The Morgan fingerprint density at radius 3 is 2.40 bits per heavy atom. The number of carbonyl (C=O) groups is 1. The normalized spacial score (nSPS) is 11.2. The summed E-state index contributed by atoms with van der Waals surface area (Å²) in [5, 5.41) is 9.76. The Bertz CT molecular complexity index is 450. The lowest BCUT2D eigenvalue weighted by Gasteiger charge is -2.21. The number of nitrogens with one attached hydrogen (secondary N) is 3. The molecular formula is C16H27N3O. The van der Waals surface area contributed by atoms with Gasteiger partial charge in [-0.3, -0.25) is 4.79 Å². The van der Waals surface area contributed by atoms with Crippen molar-refractivity contribution in [3.05, 3.63) is 23.8 Å². The highest BCUT2D eigenvalue weighted by atomic mass is 16.1. The molecule has 0 aliphatic carbocycles. The zero-order valence-electron chi connectivity index (χ0n) is 13.3. The van der Waals surface area contributed by atoms with E-state index in [1.165, 1.54) is 0 Å². The van der Waals surface area contributed by atoms with Crippen molar-refractivity contribution in [3.8, 4) is 0 Å². The van der Waals surface area contributed by atoms with Gasteiger partial charge >= 0.3 is 0 Å². The zero-order chi connectivity index (χ0) is 15.2. The Morgan fingerprint density at radius 2 is 1.80 bits per heavy atom. The lowest BCUT2D eigenvalue weighted by atomic mass is 10.1. The maximum Gasteiger partial charge on any atom is 0.224 e. The summed E-state index contributed by atoms with van der Waals surface area (Å²) in [5.41, 5.74) is 3.15. The van der Waals surface area contributed by atoms with E-state index in [1.54, 1.807) is 0 Å². The Balaban J connectivity index is 2.58. The van der Waals surface area contributed by atoms with Crippen LogP contribution in [0.5, 0.6) is 0 Å². The van der Waals surface area contributed by atoms with Crippen LogP contribution in [0.3, 0.4) is 0 Å². The fourth-order valence-corrected chi connectivity index (χ4v) is 1.84. The van der Waals surface area contributed by atoms with E-state index in [2.05, 4.69) is 36.7 Å². The highest BCUT2D eigenvalue weighted by molar-refractivity contribution is 5.92. The van der Waals surface area contributed by atoms with Crippen LogP contribution in [0, 0.1) is 6.92 Å². The van der Waals surface area contributed by atoms with Crippen molar-refractivity contribution in [3.63, 3.8) is 0 Å². The molecule has 0 saturated heterocycles. The molecule has 4 heteroatoms. The molecule has 1 amide bonds. The lowest BCUT2D eigenvalue weighted by Crippen LogP contribution is -2.38. The first kappa shape index (κ1) is 16.5. The van der Waals surface area contributed by atoms with Gasteiger partial charge in [-0.05, 0) is 45.4 Å². The van der Waals surface area contributed by atoms with Gasteiger partial charge in [-0.1, -0.05) is 13.0 Å². The molecule has 1 rings (SSSR count). The van der Waals surface area contributed by atoms with Gasteiger partial charge in [0.15, 0.2) is 0 Å². The van der Waals surface area contributed by atoms with Crippen molar-refractivity contribution in [1.29, 1.82) is 0 Å². The SMILES string of the molecule is CCC(=O)Nc1cccc(NCCNC(C)(C)C)c1C. The van der Waals surface area contributed by atoms with Crippen molar-refractivity contribution in [2.75, 3.05) is 23.7 Å². The maximum atomic E-state index is 11.5. The number of anilines is 2. The minimum absolute atomic E-state index is 0.0413. The number of rotatable bonds is 6. The summed E-state index contributed by atoms with van der Waals surface area (Å²) < 4.78 is 0. The summed E-state index contributed by atoms with van der Waals surface area (Å²) in [7, 11) is 0. The molecule has 0 radical (unpaired) electrons. The second-order valence-corrected chi connectivity index (χ2v) is 5.98. The molecule has 0 aromatic heterocycles. The molecule has 0 atom stereocenters. The van der Waals surface area contributed by atoms with E-state index in [0.717, 1.165) is 30.0 Å². The van der Waals surface area contributed by atoms with Crippen LogP contribution in [0.15, 0.2) is 18.2 Å². The van der Waals surface area contributed by atoms with Crippen LogP contribution in [0.25, 0.3) is 0 Å². The van der Waals surface area contributed by atoms with Gasteiger partial charge in [0.05, 0.1) is 0 Å². The van der Waals surface area contributed by atoms with E-state index >= 15 is 0 Å². The highest BCUT2D eigenvalue weighted by Gasteiger charge is 2.08. The first-order valence-corrected chi connectivity index (χ1v) is 7.22. The standard InChI is InChI=1S/C16H27N3O/c1-6-15(20)19-14-9-7-8-13(12(14)2)17-10-11-18-16(3,4)5/h7-9,17-18H,6,10-11H2,1-5H3,(H,19,20). The van der Waals surface area contributed by atoms with E-state index in [-0.39, 0.29) is 11.4 Å². The van der Waals surface area contributed by atoms with Gasteiger partial charge < -0.3 is 16.0 Å². The third kappa shape index (κ3) is 5.61. The van der Waals surface area contributed by atoms with Gasteiger partial charge in [-0.25, -0.2) is 0 Å². The second kappa shape index (κ2) is 7.29. The Hall–Kier alpha value is -1.55. The smallest absolute Gasteiger partial charge is 0.224 e. The first-order chi connectivity index (χ1) is 9.33. The summed E-state index contributed by atoms with van der Waals surface area (Å²) >= 11 is 0. The fourth-order valence-electron chi connectivity index (χ4n) is 1.84. The van der Waals surface area contributed by atoms with Crippen LogP contribution in [-0.4, -0.2) is 24.5 Å². The minimum atomic E-state index is 0.0413. The summed E-state index contributed by atoms with van der Waals surface area (Å²) in [6, 6.07) is 5.92. The van der Waals surface area contributed by atoms with Crippen LogP contribution in [-0.2, 0) is 4.79 Å². The maximum absolute atomic E-state index is 11.5. The van der Waals surface area contributed by atoms with Crippen LogP contribution < -0.4 is 16.0 Å². The molecule has 0 saturated carbocycles. The topological polar surface area (TPSA) is 53.2 Å². The van der Waals surface area contributed by atoms with Crippen LogP contribution in [0.1, 0.15) is 39.7 Å². The molecule has 4 nitrogen and oxygen atoms in total. The lowest BCUT2D eigenvalue weighted by molar-refractivity contribution is -0.115. The number of amides is 1. The van der Waals surface area contributed by atoms with Crippen molar-refractivity contribution >= 4 is 17.3 Å². The van der Waals surface area contributed by atoms with Gasteiger partial charge in [0, 0.05) is 36.4 Å². The molecule has 0 heterocycles. The molecule has 0 aliphatic heterocycles. The van der Waals surface area contributed by atoms with Crippen LogP contribution >= 0.6 is 0 Å². The van der Waals surface area contributed by atoms with E-state index in [9.17, 15) is 4.79 Å². The van der Waals surface area contributed by atoms with E-state index < -0.39 is 0 Å². The first-order valence-electron chi connectivity index (χ1n) is 7.22. The summed E-state index contributed by atoms with van der Waals surface area (Å²) in [6.07, 6.45) is 0.493. The molecular weight excluding hydrogens is 250 g/mol. The van der Waals surface area contributed by atoms with E-state index in [4.69, 9.17) is 0 Å². The van der Waals surface area contributed by atoms with Gasteiger partial charge in [0.25, 0.3) is 0 Å². The van der Waals surface area contributed by atoms with Gasteiger partial charge in [0.1, 0.15) is 0 Å². The quantitative estimate of drug-likeness (QED) is 0.700. The van der Waals surface area contributed by atoms with Gasteiger partial charge in [0.2, 0.25) is 5.91 Å². The molecule has 0 unspecified atom stereocenters. The number of benzene rings is 1. The van der Waals surface area contributed by atoms with Crippen LogP contribution in [0.4, 0.5) is 11.4 Å². The van der Waals surface area contributed by atoms with Gasteiger partial charge in [-0.15, -0.1) is 0 Å². The summed E-state index contributed by atoms with van der Waals surface area (Å²) in [5.74, 6) is 0.0413. The Labute approximate surface area is 122 Å². The molecule has 20 heavy (non-hydrogen) atoms. The average Bonchev–Trinajstić information content (AvgIpc) is 2.37. The molecule has 0 spiro atoms. The monoisotopic (exact) mass is 277 g/mol. The van der Waals surface area contributed by atoms with Crippen molar-refractivity contribution in [1.82, 2.24) is 5.32 Å². The molecule has 0 bridgehead atoms. The Morgan fingerprint density at radius 1 is 1.15 bits per heavy atom. The molecule has 1 aromatic carbocycles. The Kier molecular flexibility index (Phi) is 6.02. The van der Waals surface area contributed by atoms with Crippen molar-refractivity contribution < 1.29 is 4.79 Å². The molecule has 1 aromatic rings.